The molecule has 0 bridgehead atoms. The van der Waals surface area contributed by atoms with E-state index in [0.717, 1.165) is 19.0 Å². The zero-order chi connectivity index (χ0) is 10.5. The summed E-state index contributed by atoms with van der Waals surface area (Å²) in [5.41, 5.74) is 0. The third-order valence-electron chi connectivity index (χ3n) is 4.14. The van der Waals surface area contributed by atoms with Gasteiger partial charge < -0.3 is 10.4 Å². The van der Waals surface area contributed by atoms with E-state index in [4.69, 9.17) is 0 Å². The Morgan fingerprint density at radius 1 is 0.875 bits per heavy atom. The molecular weight excluding hydrogens is 222 g/mol. The van der Waals surface area contributed by atoms with Crippen molar-refractivity contribution in [3.63, 3.8) is 0 Å². The molecule has 2 N–H and O–H groups in total. The van der Waals surface area contributed by atoms with Gasteiger partial charge in [0.2, 0.25) is 0 Å². The van der Waals surface area contributed by atoms with Crippen LogP contribution in [0.25, 0.3) is 0 Å². The lowest BCUT2D eigenvalue weighted by Gasteiger charge is -2.30. The van der Waals surface area contributed by atoms with E-state index in [2.05, 4.69) is 5.32 Å². The van der Waals surface area contributed by atoms with Crippen molar-refractivity contribution in [2.45, 2.75) is 69.9 Å². The highest BCUT2D eigenvalue weighted by atomic mass is 35.5. The summed E-state index contributed by atoms with van der Waals surface area (Å²) in [6.07, 6.45) is 11.7. The minimum Gasteiger partial charge on any atom is -0.393 e. The molecule has 0 unspecified atom stereocenters. The number of nitrogens with one attached hydrogen (secondary N) is 1. The summed E-state index contributed by atoms with van der Waals surface area (Å²) in [5.74, 6) is 0.528. The van der Waals surface area contributed by atoms with Gasteiger partial charge in [0, 0.05) is 12.6 Å². The Kier molecular flexibility index (Phi) is 6.71. The molecule has 2 nitrogen and oxygen atoms in total. The van der Waals surface area contributed by atoms with E-state index in [-0.39, 0.29) is 18.5 Å². The van der Waals surface area contributed by atoms with Gasteiger partial charge in [-0.1, -0.05) is 32.1 Å². The van der Waals surface area contributed by atoms with Gasteiger partial charge in [-0.2, -0.15) is 0 Å². The van der Waals surface area contributed by atoms with Crippen LogP contribution >= 0.6 is 12.4 Å². The SMILES string of the molecule is Cl.O[C@H]1CCCC[C@H]1CNC1CCCCC1. The fraction of sp³-hybridized carbons (Fsp3) is 1.00. The normalized spacial score (nSPS) is 32.1. The zero-order valence-corrected chi connectivity index (χ0v) is 11.0. The number of hydrogen-bond donors (Lipinski definition) is 2. The Morgan fingerprint density at radius 3 is 2.19 bits per heavy atom. The maximum atomic E-state index is 9.86. The van der Waals surface area contributed by atoms with Crippen LogP contribution in [0.2, 0.25) is 0 Å². The van der Waals surface area contributed by atoms with Gasteiger partial charge >= 0.3 is 0 Å². The van der Waals surface area contributed by atoms with Gasteiger partial charge in [0.05, 0.1) is 6.10 Å². The lowest BCUT2D eigenvalue weighted by molar-refractivity contribution is 0.0673. The average molecular weight is 248 g/mol. The molecule has 2 atom stereocenters. The minimum atomic E-state index is -0.0326. The molecule has 0 heterocycles. The molecule has 2 aliphatic rings. The van der Waals surface area contributed by atoms with E-state index in [1.54, 1.807) is 0 Å². The van der Waals surface area contributed by atoms with Gasteiger partial charge in [-0.05, 0) is 31.6 Å². The minimum absolute atomic E-state index is 0. The molecule has 16 heavy (non-hydrogen) atoms. The second kappa shape index (κ2) is 7.52. The van der Waals surface area contributed by atoms with Crippen molar-refractivity contribution in [2.24, 2.45) is 5.92 Å². The van der Waals surface area contributed by atoms with Crippen molar-refractivity contribution in [1.29, 1.82) is 0 Å². The highest BCUT2D eigenvalue weighted by Gasteiger charge is 2.23. The van der Waals surface area contributed by atoms with E-state index in [1.807, 2.05) is 0 Å². The summed E-state index contributed by atoms with van der Waals surface area (Å²) < 4.78 is 0. The topological polar surface area (TPSA) is 32.3 Å². The first-order valence-electron chi connectivity index (χ1n) is 6.78. The Hall–Kier alpha value is 0.210. The van der Waals surface area contributed by atoms with E-state index in [1.165, 1.54) is 51.4 Å². The first-order chi connectivity index (χ1) is 7.36. The summed E-state index contributed by atoms with van der Waals surface area (Å²) in [7, 11) is 0. The summed E-state index contributed by atoms with van der Waals surface area (Å²) >= 11 is 0. The van der Waals surface area contributed by atoms with Crippen molar-refractivity contribution in [1.82, 2.24) is 5.32 Å². The number of aliphatic hydroxyl groups is 1. The van der Waals surface area contributed by atoms with Crippen molar-refractivity contribution in [3.05, 3.63) is 0 Å². The highest BCUT2D eigenvalue weighted by Crippen LogP contribution is 2.24. The largest absolute Gasteiger partial charge is 0.393 e. The number of halogens is 1. The fourth-order valence-electron chi connectivity index (χ4n) is 3.05. The first-order valence-corrected chi connectivity index (χ1v) is 6.78. The molecule has 0 amide bonds. The van der Waals surface area contributed by atoms with Crippen molar-refractivity contribution >= 4 is 12.4 Å². The predicted molar refractivity (Wildman–Crippen MR) is 70.1 cm³/mol. The Morgan fingerprint density at radius 2 is 1.50 bits per heavy atom. The van der Waals surface area contributed by atoms with Crippen molar-refractivity contribution in [2.75, 3.05) is 6.54 Å². The van der Waals surface area contributed by atoms with E-state index in [9.17, 15) is 5.11 Å². The Labute approximate surface area is 106 Å². The number of aliphatic hydroxyl groups excluding tert-OH is 1. The van der Waals surface area contributed by atoms with Gasteiger partial charge in [-0.25, -0.2) is 0 Å². The first kappa shape index (κ1) is 14.3. The van der Waals surface area contributed by atoms with Gasteiger partial charge in [0.25, 0.3) is 0 Å². The van der Waals surface area contributed by atoms with Crippen LogP contribution in [0.1, 0.15) is 57.8 Å². The monoisotopic (exact) mass is 247 g/mol. The van der Waals surface area contributed by atoms with Gasteiger partial charge in [-0.15, -0.1) is 12.4 Å². The highest BCUT2D eigenvalue weighted by molar-refractivity contribution is 5.85. The molecule has 2 fully saturated rings. The third-order valence-corrected chi connectivity index (χ3v) is 4.14. The molecule has 3 heteroatoms. The maximum Gasteiger partial charge on any atom is 0.0580 e. The lowest BCUT2D eigenvalue weighted by atomic mass is 9.86. The Bertz CT molecular complexity index is 183. The van der Waals surface area contributed by atoms with Gasteiger partial charge in [0.15, 0.2) is 0 Å². The van der Waals surface area contributed by atoms with Crippen LogP contribution in [0.3, 0.4) is 0 Å². The van der Waals surface area contributed by atoms with Crippen LogP contribution in [0.5, 0.6) is 0 Å². The van der Waals surface area contributed by atoms with E-state index >= 15 is 0 Å². The van der Waals surface area contributed by atoms with Crippen LogP contribution in [0, 0.1) is 5.92 Å². The lowest BCUT2D eigenvalue weighted by Crippen LogP contribution is -2.39. The predicted octanol–water partition coefficient (Wildman–Crippen LogP) is 2.88. The van der Waals surface area contributed by atoms with Crippen LogP contribution in [-0.2, 0) is 0 Å². The molecule has 0 aromatic rings. The fourth-order valence-corrected chi connectivity index (χ4v) is 3.05. The second-order valence-electron chi connectivity index (χ2n) is 5.36. The molecule has 0 aromatic carbocycles. The maximum absolute atomic E-state index is 9.86. The standard InChI is InChI=1S/C13H25NO.ClH/c15-13-9-5-4-6-11(13)10-14-12-7-2-1-3-8-12;/h11-15H,1-10H2;1H/t11-,13-;/m0./s1. The molecule has 2 saturated carbocycles. The quantitative estimate of drug-likeness (QED) is 0.804. The Balaban J connectivity index is 0.00000128. The summed E-state index contributed by atoms with van der Waals surface area (Å²) in [6.45, 7) is 1.05. The van der Waals surface area contributed by atoms with Crippen molar-refractivity contribution in [3.8, 4) is 0 Å². The average Bonchev–Trinajstić information content (AvgIpc) is 2.29. The van der Waals surface area contributed by atoms with Crippen LogP contribution in [-0.4, -0.2) is 23.8 Å². The third kappa shape index (κ3) is 4.23. The molecule has 2 rings (SSSR count). The second-order valence-corrected chi connectivity index (χ2v) is 5.36. The van der Waals surface area contributed by atoms with E-state index < -0.39 is 0 Å². The van der Waals surface area contributed by atoms with E-state index in [0.29, 0.717) is 5.92 Å². The molecule has 96 valence electrons. The summed E-state index contributed by atoms with van der Waals surface area (Å²) in [4.78, 5) is 0. The van der Waals surface area contributed by atoms with Gasteiger partial charge in [-0.3, -0.25) is 0 Å². The van der Waals surface area contributed by atoms with Crippen LogP contribution in [0.15, 0.2) is 0 Å². The molecule has 0 radical (unpaired) electrons. The number of rotatable bonds is 3. The summed E-state index contributed by atoms with van der Waals surface area (Å²) in [6, 6.07) is 0.743. The molecular formula is C13H26ClNO. The molecule has 2 aliphatic carbocycles. The van der Waals surface area contributed by atoms with Crippen LogP contribution < -0.4 is 5.32 Å². The van der Waals surface area contributed by atoms with Crippen molar-refractivity contribution < 1.29 is 5.11 Å². The van der Waals surface area contributed by atoms with Gasteiger partial charge in [0.1, 0.15) is 0 Å². The van der Waals surface area contributed by atoms with Crippen LogP contribution in [0.4, 0.5) is 0 Å². The molecule has 0 spiro atoms. The molecule has 0 saturated heterocycles. The zero-order valence-electron chi connectivity index (χ0n) is 10.2. The molecule has 0 aromatic heterocycles. The number of hydrogen-bond acceptors (Lipinski definition) is 2. The smallest absolute Gasteiger partial charge is 0.0580 e. The summed E-state index contributed by atoms with van der Waals surface area (Å²) in [5, 5.41) is 13.5. The molecule has 0 aliphatic heterocycles.